The van der Waals surface area contributed by atoms with Gasteiger partial charge >= 0.3 is 0 Å². The van der Waals surface area contributed by atoms with Crippen LogP contribution in [0.4, 0.5) is 0 Å². The Hall–Kier alpha value is -0.570. The highest BCUT2D eigenvalue weighted by atomic mass is 16.2. The topological polar surface area (TPSA) is 32.3 Å². The van der Waals surface area contributed by atoms with Crippen LogP contribution >= 0.6 is 0 Å². The van der Waals surface area contributed by atoms with Crippen molar-refractivity contribution in [1.29, 1.82) is 0 Å². The van der Waals surface area contributed by atoms with Crippen molar-refractivity contribution in [2.75, 3.05) is 13.6 Å². The zero-order valence-corrected chi connectivity index (χ0v) is 11.2. The molecule has 1 heterocycles. The Morgan fingerprint density at radius 3 is 2.53 bits per heavy atom. The molecule has 1 aliphatic heterocycles. The van der Waals surface area contributed by atoms with Gasteiger partial charge in [-0.3, -0.25) is 4.79 Å². The third-order valence-corrected chi connectivity index (χ3v) is 4.60. The molecule has 0 aromatic rings. The van der Waals surface area contributed by atoms with Crippen molar-refractivity contribution in [1.82, 2.24) is 10.2 Å². The van der Waals surface area contributed by atoms with Crippen LogP contribution in [0.1, 0.15) is 51.9 Å². The number of nitrogens with zero attached hydrogens (tertiary/aromatic N) is 1. The molecule has 2 fully saturated rings. The largest absolute Gasteiger partial charge is 0.338 e. The van der Waals surface area contributed by atoms with Gasteiger partial charge in [0.25, 0.3) is 0 Å². The number of hydrogen-bond acceptors (Lipinski definition) is 2. The highest BCUT2D eigenvalue weighted by Crippen LogP contribution is 2.32. The van der Waals surface area contributed by atoms with Crippen LogP contribution in [0.3, 0.4) is 0 Å². The van der Waals surface area contributed by atoms with Crippen molar-refractivity contribution in [3.63, 3.8) is 0 Å². The molecular weight excluding hydrogens is 212 g/mol. The van der Waals surface area contributed by atoms with Crippen LogP contribution in [-0.2, 0) is 4.79 Å². The van der Waals surface area contributed by atoms with Gasteiger partial charge in [0.05, 0.1) is 6.04 Å². The monoisotopic (exact) mass is 238 g/mol. The van der Waals surface area contributed by atoms with Gasteiger partial charge in [-0.15, -0.1) is 0 Å². The van der Waals surface area contributed by atoms with Gasteiger partial charge in [-0.05, 0) is 38.6 Å². The van der Waals surface area contributed by atoms with E-state index in [-0.39, 0.29) is 6.04 Å². The summed E-state index contributed by atoms with van der Waals surface area (Å²) in [5.74, 6) is 1.10. The molecule has 3 nitrogen and oxygen atoms in total. The Morgan fingerprint density at radius 1 is 1.29 bits per heavy atom. The maximum atomic E-state index is 12.2. The summed E-state index contributed by atoms with van der Waals surface area (Å²) >= 11 is 0. The molecule has 1 saturated heterocycles. The zero-order valence-electron chi connectivity index (χ0n) is 11.2. The number of carbonyl (C=O) groups excluding carboxylic acids is 1. The first-order valence-electron chi connectivity index (χ1n) is 7.25. The number of likely N-dealkylation sites (N-methyl/N-ethyl adjacent to an activating group) is 1. The molecule has 3 heteroatoms. The molecule has 2 aliphatic rings. The van der Waals surface area contributed by atoms with Gasteiger partial charge < -0.3 is 10.2 Å². The summed E-state index contributed by atoms with van der Waals surface area (Å²) in [7, 11) is 1.90. The van der Waals surface area contributed by atoms with Crippen molar-refractivity contribution < 1.29 is 4.79 Å². The first-order chi connectivity index (χ1) is 8.27. The lowest BCUT2D eigenvalue weighted by Gasteiger charge is -2.36. The number of carbonyl (C=O) groups is 1. The van der Waals surface area contributed by atoms with Crippen LogP contribution in [-0.4, -0.2) is 36.5 Å². The van der Waals surface area contributed by atoms with E-state index < -0.39 is 0 Å². The third-order valence-electron chi connectivity index (χ3n) is 4.60. The molecular formula is C14H26N2O. The molecule has 17 heavy (non-hydrogen) atoms. The molecule has 0 radical (unpaired) electrons. The summed E-state index contributed by atoms with van der Waals surface area (Å²) in [6, 6.07) is 0.578. The van der Waals surface area contributed by atoms with E-state index >= 15 is 0 Å². The predicted octanol–water partition coefficient (Wildman–Crippen LogP) is 2.17. The van der Waals surface area contributed by atoms with Gasteiger partial charge in [-0.1, -0.05) is 26.2 Å². The summed E-state index contributed by atoms with van der Waals surface area (Å²) in [6.07, 6.45) is 8.86. The van der Waals surface area contributed by atoms with Crippen molar-refractivity contribution in [3.8, 4) is 0 Å². The lowest BCUT2D eigenvalue weighted by atomic mass is 9.82. The van der Waals surface area contributed by atoms with Crippen LogP contribution in [0.2, 0.25) is 0 Å². The molecule has 1 N–H and O–H groups in total. The molecule has 98 valence electrons. The maximum absolute atomic E-state index is 12.2. The summed E-state index contributed by atoms with van der Waals surface area (Å²) in [4.78, 5) is 14.4. The van der Waals surface area contributed by atoms with Crippen molar-refractivity contribution >= 4 is 5.91 Å². The number of likely N-dealkylation sites (tertiary alicyclic amines) is 1. The van der Waals surface area contributed by atoms with E-state index in [1.54, 1.807) is 0 Å². The SMILES string of the molecule is CCC(C1CCCCC1)N1CCC(NC)C1=O. The second-order valence-electron chi connectivity index (χ2n) is 5.54. The molecule has 1 saturated carbocycles. The fraction of sp³-hybridized carbons (Fsp3) is 0.929. The molecule has 0 bridgehead atoms. The minimum absolute atomic E-state index is 0.0765. The molecule has 2 rings (SSSR count). The van der Waals surface area contributed by atoms with Crippen molar-refractivity contribution in [2.45, 2.75) is 64.0 Å². The summed E-state index contributed by atoms with van der Waals surface area (Å²) in [5.41, 5.74) is 0. The number of amides is 1. The van der Waals surface area contributed by atoms with E-state index in [1.807, 2.05) is 7.05 Å². The average Bonchev–Trinajstić information content (AvgIpc) is 2.73. The summed E-state index contributed by atoms with van der Waals surface area (Å²) in [6.45, 7) is 3.19. The van der Waals surface area contributed by atoms with Crippen LogP contribution < -0.4 is 5.32 Å². The molecule has 0 spiro atoms. The van der Waals surface area contributed by atoms with E-state index in [0.29, 0.717) is 11.9 Å². The molecule has 0 aromatic carbocycles. The van der Waals surface area contributed by atoms with E-state index in [0.717, 1.165) is 25.3 Å². The quantitative estimate of drug-likeness (QED) is 0.814. The maximum Gasteiger partial charge on any atom is 0.240 e. The molecule has 2 unspecified atom stereocenters. The highest BCUT2D eigenvalue weighted by Gasteiger charge is 2.37. The van der Waals surface area contributed by atoms with Gasteiger partial charge in [-0.2, -0.15) is 0 Å². The van der Waals surface area contributed by atoms with Crippen LogP contribution in [0.25, 0.3) is 0 Å². The van der Waals surface area contributed by atoms with Gasteiger partial charge in [-0.25, -0.2) is 0 Å². The Bertz CT molecular complexity index is 261. The standard InChI is InChI=1S/C14H26N2O/c1-3-13(11-7-5-4-6-8-11)16-10-9-12(15-2)14(16)17/h11-13,15H,3-10H2,1-2H3. The lowest BCUT2D eigenvalue weighted by Crippen LogP contribution is -2.45. The van der Waals surface area contributed by atoms with Crippen molar-refractivity contribution in [3.05, 3.63) is 0 Å². The van der Waals surface area contributed by atoms with Crippen LogP contribution in [0.5, 0.6) is 0 Å². The van der Waals surface area contributed by atoms with Gasteiger partial charge in [0.1, 0.15) is 0 Å². The first-order valence-corrected chi connectivity index (χ1v) is 7.25. The Morgan fingerprint density at radius 2 is 2.00 bits per heavy atom. The summed E-state index contributed by atoms with van der Waals surface area (Å²) < 4.78 is 0. The average molecular weight is 238 g/mol. The minimum Gasteiger partial charge on any atom is -0.338 e. The number of hydrogen-bond donors (Lipinski definition) is 1. The van der Waals surface area contributed by atoms with Gasteiger partial charge in [0.15, 0.2) is 0 Å². The van der Waals surface area contributed by atoms with Crippen LogP contribution in [0, 0.1) is 5.92 Å². The van der Waals surface area contributed by atoms with E-state index in [9.17, 15) is 4.79 Å². The Labute approximate surface area is 105 Å². The van der Waals surface area contributed by atoms with Gasteiger partial charge in [0.2, 0.25) is 5.91 Å². The zero-order chi connectivity index (χ0) is 12.3. The molecule has 0 aromatic heterocycles. The molecule has 2 atom stereocenters. The Balaban J connectivity index is 2.00. The number of rotatable bonds is 4. The smallest absolute Gasteiger partial charge is 0.240 e. The summed E-state index contributed by atoms with van der Waals surface area (Å²) in [5, 5.41) is 3.13. The van der Waals surface area contributed by atoms with Crippen molar-refractivity contribution in [2.24, 2.45) is 5.92 Å². The molecule has 1 aliphatic carbocycles. The highest BCUT2D eigenvalue weighted by molar-refractivity contribution is 5.84. The fourth-order valence-corrected chi connectivity index (χ4v) is 3.63. The Kier molecular flexibility index (Phi) is 4.43. The van der Waals surface area contributed by atoms with E-state index in [2.05, 4.69) is 17.1 Å². The number of nitrogens with one attached hydrogen (secondary N) is 1. The van der Waals surface area contributed by atoms with Crippen LogP contribution in [0.15, 0.2) is 0 Å². The van der Waals surface area contributed by atoms with E-state index in [1.165, 1.54) is 32.1 Å². The second-order valence-corrected chi connectivity index (χ2v) is 5.54. The minimum atomic E-state index is 0.0765. The normalized spacial score (nSPS) is 28.7. The fourth-order valence-electron chi connectivity index (χ4n) is 3.63. The van der Waals surface area contributed by atoms with Gasteiger partial charge in [0, 0.05) is 12.6 Å². The molecule has 1 amide bonds. The lowest BCUT2D eigenvalue weighted by molar-refractivity contribution is -0.132. The predicted molar refractivity (Wildman–Crippen MR) is 69.8 cm³/mol. The van der Waals surface area contributed by atoms with E-state index in [4.69, 9.17) is 0 Å². The third kappa shape index (κ3) is 2.65. The first kappa shape index (κ1) is 12.9. The second kappa shape index (κ2) is 5.85.